The summed E-state index contributed by atoms with van der Waals surface area (Å²) < 4.78 is 1.74. The van der Waals surface area contributed by atoms with E-state index >= 15 is 0 Å². The van der Waals surface area contributed by atoms with Gasteiger partial charge in [0.1, 0.15) is 0 Å². The van der Waals surface area contributed by atoms with E-state index < -0.39 is 11.4 Å². The van der Waals surface area contributed by atoms with Gasteiger partial charge < -0.3 is 10.0 Å². The van der Waals surface area contributed by atoms with Crippen molar-refractivity contribution in [2.75, 3.05) is 13.1 Å². The Labute approximate surface area is 118 Å². The third-order valence-electron chi connectivity index (χ3n) is 3.83. The molecule has 1 fully saturated rings. The summed E-state index contributed by atoms with van der Waals surface area (Å²) in [5.74, 6) is -0.962. The number of carbonyl (C=O) groups is 2. The molecule has 0 aliphatic carbocycles. The maximum atomic E-state index is 12.4. The number of hydrogen-bond donors (Lipinski definition) is 1. The Kier molecular flexibility index (Phi) is 4.11. The molecule has 20 heavy (non-hydrogen) atoms. The lowest BCUT2D eigenvalue weighted by Crippen LogP contribution is -2.48. The predicted octanol–water partition coefficient (Wildman–Crippen LogP) is 1.62. The normalized spacial score (nSPS) is 22.8. The molecule has 6 nitrogen and oxygen atoms in total. The number of aromatic nitrogens is 2. The topological polar surface area (TPSA) is 75.4 Å². The first kappa shape index (κ1) is 14.6. The maximum absolute atomic E-state index is 12.4. The number of aliphatic carboxylic acids is 1. The van der Waals surface area contributed by atoms with Gasteiger partial charge in [-0.3, -0.25) is 14.3 Å². The lowest BCUT2D eigenvalue weighted by molar-refractivity contribution is -0.150. The van der Waals surface area contributed by atoms with Crippen LogP contribution in [0.4, 0.5) is 0 Å². The molecular formula is C14H21N3O3. The van der Waals surface area contributed by atoms with Crippen molar-refractivity contribution in [1.82, 2.24) is 14.7 Å². The largest absolute Gasteiger partial charge is 0.481 e. The van der Waals surface area contributed by atoms with E-state index in [9.17, 15) is 14.7 Å². The molecule has 1 unspecified atom stereocenters. The molecule has 0 bridgehead atoms. The van der Waals surface area contributed by atoms with Gasteiger partial charge in [-0.15, -0.1) is 0 Å². The Balaban J connectivity index is 2.10. The summed E-state index contributed by atoms with van der Waals surface area (Å²) in [5.41, 5.74) is -0.305. The first-order valence-corrected chi connectivity index (χ1v) is 7.01. The first-order chi connectivity index (χ1) is 9.46. The number of rotatable bonds is 4. The second-order valence-electron chi connectivity index (χ2n) is 5.69. The van der Waals surface area contributed by atoms with Gasteiger partial charge in [0.05, 0.1) is 17.2 Å². The Bertz CT molecular complexity index is 512. The Hall–Kier alpha value is -1.85. The molecule has 1 amide bonds. The quantitative estimate of drug-likeness (QED) is 0.908. The van der Waals surface area contributed by atoms with Gasteiger partial charge in [-0.1, -0.05) is 6.92 Å². The zero-order valence-corrected chi connectivity index (χ0v) is 12.0. The number of hydrogen-bond acceptors (Lipinski definition) is 3. The van der Waals surface area contributed by atoms with Gasteiger partial charge in [-0.2, -0.15) is 5.10 Å². The zero-order chi connectivity index (χ0) is 14.8. The number of piperidine rings is 1. The van der Waals surface area contributed by atoms with E-state index in [4.69, 9.17) is 0 Å². The second-order valence-corrected chi connectivity index (χ2v) is 5.69. The molecule has 110 valence electrons. The highest BCUT2D eigenvalue weighted by Gasteiger charge is 2.39. The standard InChI is InChI=1S/C14H21N3O3/c1-3-6-17-9-11(8-15-17)12(18)16-7-4-5-14(2,10-16)13(19)20/h8-9H,3-7,10H2,1-2H3,(H,19,20). The highest BCUT2D eigenvalue weighted by atomic mass is 16.4. The van der Waals surface area contributed by atoms with Crippen molar-refractivity contribution in [2.45, 2.75) is 39.7 Å². The molecular weight excluding hydrogens is 258 g/mol. The minimum Gasteiger partial charge on any atom is -0.481 e. The molecule has 2 rings (SSSR count). The molecule has 1 atom stereocenters. The van der Waals surface area contributed by atoms with Crippen LogP contribution in [0.3, 0.4) is 0 Å². The third-order valence-corrected chi connectivity index (χ3v) is 3.83. The monoisotopic (exact) mass is 279 g/mol. The van der Waals surface area contributed by atoms with E-state index in [0.717, 1.165) is 19.4 Å². The van der Waals surface area contributed by atoms with Gasteiger partial charge in [0.25, 0.3) is 5.91 Å². The summed E-state index contributed by atoms with van der Waals surface area (Å²) in [6.07, 6.45) is 5.58. The summed E-state index contributed by atoms with van der Waals surface area (Å²) in [4.78, 5) is 25.4. The molecule has 0 aromatic carbocycles. The lowest BCUT2D eigenvalue weighted by atomic mass is 9.82. The maximum Gasteiger partial charge on any atom is 0.311 e. The molecule has 1 N–H and O–H groups in total. The van der Waals surface area contributed by atoms with Crippen LogP contribution in [-0.2, 0) is 11.3 Å². The smallest absolute Gasteiger partial charge is 0.311 e. The van der Waals surface area contributed by atoms with E-state index in [2.05, 4.69) is 5.10 Å². The highest BCUT2D eigenvalue weighted by Crippen LogP contribution is 2.30. The molecule has 1 aromatic heterocycles. The summed E-state index contributed by atoms with van der Waals surface area (Å²) in [6.45, 7) is 5.41. The summed E-state index contributed by atoms with van der Waals surface area (Å²) in [7, 11) is 0. The fourth-order valence-corrected chi connectivity index (χ4v) is 2.60. The van der Waals surface area contributed by atoms with E-state index in [1.807, 2.05) is 6.92 Å². The summed E-state index contributed by atoms with van der Waals surface area (Å²) in [5, 5.41) is 13.4. The van der Waals surface area contributed by atoms with Gasteiger partial charge in [0, 0.05) is 25.8 Å². The van der Waals surface area contributed by atoms with E-state index in [0.29, 0.717) is 18.5 Å². The van der Waals surface area contributed by atoms with Crippen molar-refractivity contribution in [3.05, 3.63) is 18.0 Å². The fourth-order valence-electron chi connectivity index (χ4n) is 2.60. The van der Waals surface area contributed by atoms with Crippen LogP contribution in [0.15, 0.2) is 12.4 Å². The van der Waals surface area contributed by atoms with E-state index in [1.165, 1.54) is 0 Å². The van der Waals surface area contributed by atoms with Crippen LogP contribution in [-0.4, -0.2) is 44.8 Å². The number of carboxylic acids is 1. The van der Waals surface area contributed by atoms with Crippen LogP contribution in [0.25, 0.3) is 0 Å². The van der Waals surface area contributed by atoms with Gasteiger partial charge in [0.2, 0.25) is 0 Å². The number of likely N-dealkylation sites (tertiary alicyclic amines) is 1. The average molecular weight is 279 g/mol. The van der Waals surface area contributed by atoms with Crippen LogP contribution < -0.4 is 0 Å². The first-order valence-electron chi connectivity index (χ1n) is 7.01. The Morgan fingerprint density at radius 3 is 2.90 bits per heavy atom. The minimum atomic E-state index is -0.840. The van der Waals surface area contributed by atoms with Crippen molar-refractivity contribution in [3.8, 4) is 0 Å². The van der Waals surface area contributed by atoms with E-state index in [1.54, 1.807) is 28.9 Å². The summed E-state index contributed by atoms with van der Waals surface area (Å²) >= 11 is 0. The number of carboxylic acid groups (broad SMARTS) is 1. The molecule has 0 spiro atoms. The number of carbonyl (C=O) groups excluding carboxylic acids is 1. The fraction of sp³-hybridized carbons (Fsp3) is 0.643. The predicted molar refractivity (Wildman–Crippen MR) is 73.4 cm³/mol. The van der Waals surface area contributed by atoms with Crippen LogP contribution >= 0.6 is 0 Å². The lowest BCUT2D eigenvalue weighted by Gasteiger charge is -2.37. The molecule has 0 saturated carbocycles. The zero-order valence-electron chi connectivity index (χ0n) is 12.0. The van der Waals surface area contributed by atoms with Crippen molar-refractivity contribution in [3.63, 3.8) is 0 Å². The Morgan fingerprint density at radius 1 is 1.50 bits per heavy atom. The van der Waals surface area contributed by atoms with Crippen LogP contribution in [0.5, 0.6) is 0 Å². The molecule has 6 heteroatoms. The molecule has 1 aliphatic heterocycles. The van der Waals surface area contributed by atoms with E-state index in [-0.39, 0.29) is 12.5 Å². The highest BCUT2D eigenvalue weighted by molar-refractivity contribution is 5.94. The van der Waals surface area contributed by atoms with Crippen molar-refractivity contribution < 1.29 is 14.7 Å². The van der Waals surface area contributed by atoms with Crippen molar-refractivity contribution in [2.24, 2.45) is 5.41 Å². The minimum absolute atomic E-state index is 0.125. The molecule has 1 saturated heterocycles. The second kappa shape index (κ2) is 5.64. The number of amides is 1. The van der Waals surface area contributed by atoms with Crippen molar-refractivity contribution in [1.29, 1.82) is 0 Å². The third kappa shape index (κ3) is 2.84. The SMILES string of the molecule is CCCn1cc(C(=O)N2CCCC(C)(C(=O)O)C2)cn1. The van der Waals surface area contributed by atoms with Gasteiger partial charge in [-0.05, 0) is 26.2 Å². The molecule has 0 radical (unpaired) electrons. The molecule has 1 aromatic rings. The van der Waals surface area contributed by atoms with Crippen LogP contribution in [0.2, 0.25) is 0 Å². The average Bonchev–Trinajstić information content (AvgIpc) is 2.87. The number of nitrogens with zero attached hydrogens (tertiary/aromatic N) is 3. The Morgan fingerprint density at radius 2 is 2.25 bits per heavy atom. The number of aryl methyl sites for hydroxylation is 1. The van der Waals surface area contributed by atoms with Gasteiger partial charge in [0.15, 0.2) is 0 Å². The molecule has 1 aliphatic rings. The summed E-state index contributed by atoms with van der Waals surface area (Å²) in [6, 6.07) is 0. The van der Waals surface area contributed by atoms with Crippen molar-refractivity contribution >= 4 is 11.9 Å². The molecule has 2 heterocycles. The van der Waals surface area contributed by atoms with Gasteiger partial charge in [-0.25, -0.2) is 0 Å². The van der Waals surface area contributed by atoms with Gasteiger partial charge >= 0.3 is 5.97 Å². The van der Waals surface area contributed by atoms with Crippen LogP contribution in [0.1, 0.15) is 43.5 Å². The van der Waals surface area contributed by atoms with Crippen LogP contribution in [0, 0.1) is 5.41 Å².